The van der Waals surface area contributed by atoms with Crippen molar-refractivity contribution in [3.63, 3.8) is 0 Å². The van der Waals surface area contributed by atoms with E-state index in [2.05, 4.69) is 15.6 Å². The number of rotatable bonds is 9. The number of oxazole rings is 1. The highest BCUT2D eigenvalue weighted by atomic mass is 35.5. The fourth-order valence-electron chi connectivity index (χ4n) is 2.75. The average molecular weight is 508 g/mol. The van der Waals surface area contributed by atoms with Crippen LogP contribution in [-0.4, -0.2) is 40.6 Å². The summed E-state index contributed by atoms with van der Waals surface area (Å²) in [7, 11) is -0.741. The minimum atomic E-state index is -4.32. The molecule has 174 valence electrons. The molecule has 13 heteroatoms. The van der Waals surface area contributed by atoms with Gasteiger partial charge in [-0.05, 0) is 31.3 Å². The first kappa shape index (κ1) is 25.7. The monoisotopic (exact) mass is 507 g/mol. The van der Waals surface area contributed by atoms with Crippen LogP contribution in [0, 0.1) is 11.6 Å². The Hall–Kier alpha value is -2.60. The molecule has 0 bridgehead atoms. The van der Waals surface area contributed by atoms with Crippen LogP contribution in [0.15, 0.2) is 52.1 Å². The third kappa shape index (κ3) is 6.00. The maximum absolute atomic E-state index is 14.7. The third-order valence-electron chi connectivity index (χ3n) is 4.30. The number of nitrogens with one attached hydrogen (secondary N) is 3. The fraction of sp³-hybridized carbons (Fsp3) is 0.211. The van der Waals surface area contributed by atoms with Crippen molar-refractivity contribution in [2.24, 2.45) is 0 Å². The minimum absolute atomic E-state index is 0. The number of anilines is 4. The summed E-state index contributed by atoms with van der Waals surface area (Å²) in [6.07, 6.45) is 2.41. The molecule has 0 spiro atoms. The van der Waals surface area contributed by atoms with Crippen LogP contribution in [-0.2, 0) is 10.0 Å². The molecule has 0 radical (unpaired) electrons. The van der Waals surface area contributed by atoms with Gasteiger partial charge < -0.3 is 20.0 Å². The molecule has 1 heterocycles. The summed E-state index contributed by atoms with van der Waals surface area (Å²) in [5.74, 6) is -1.48. The van der Waals surface area contributed by atoms with E-state index in [4.69, 9.17) is 16.0 Å². The number of hydrogen-bond acceptors (Lipinski definition) is 7. The van der Waals surface area contributed by atoms with Gasteiger partial charge in [-0.3, -0.25) is 0 Å². The molecule has 2 aromatic carbocycles. The van der Waals surface area contributed by atoms with Gasteiger partial charge in [0.15, 0.2) is 0 Å². The number of halogens is 4. The largest absolute Gasteiger partial charge is 0.432 e. The lowest BCUT2D eigenvalue weighted by Gasteiger charge is -2.23. The first-order chi connectivity index (χ1) is 14.7. The quantitative estimate of drug-likeness (QED) is 0.398. The maximum atomic E-state index is 14.7. The summed E-state index contributed by atoms with van der Waals surface area (Å²) in [6, 6.07) is 5.69. The van der Waals surface area contributed by atoms with Crippen molar-refractivity contribution in [1.29, 1.82) is 0 Å². The predicted octanol–water partition coefficient (Wildman–Crippen LogP) is 4.23. The van der Waals surface area contributed by atoms with Crippen molar-refractivity contribution in [2.45, 2.75) is 4.90 Å². The third-order valence-corrected chi connectivity index (χ3v) is 5.95. The summed E-state index contributed by atoms with van der Waals surface area (Å²) in [5.41, 5.74) is 1.10. The van der Waals surface area contributed by atoms with E-state index in [1.54, 1.807) is 14.1 Å². The zero-order chi connectivity index (χ0) is 22.6. The second-order valence-electron chi connectivity index (χ2n) is 6.52. The van der Waals surface area contributed by atoms with Crippen molar-refractivity contribution in [3.8, 4) is 0 Å². The Morgan fingerprint density at radius 2 is 1.94 bits per heavy atom. The molecule has 0 saturated carbocycles. The predicted molar refractivity (Wildman–Crippen MR) is 123 cm³/mol. The van der Waals surface area contributed by atoms with Gasteiger partial charge in [0.1, 0.15) is 22.8 Å². The van der Waals surface area contributed by atoms with E-state index in [1.165, 1.54) is 30.7 Å². The van der Waals surface area contributed by atoms with Crippen LogP contribution < -0.4 is 20.3 Å². The fourth-order valence-corrected chi connectivity index (χ4v) is 4.05. The van der Waals surface area contributed by atoms with Crippen molar-refractivity contribution >= 4 is 57.1 Å². The van der Waals surface area contributed by atoms with E-state index in [0.29, 0.717) is 24.5 Å². The van der Waals surface area contributed by atoms with Crippen LogP contribution in [0.4, 0.5) is 31.9 Å². The summed E-state index contributed by atoms with van der Waals surface area (Å²) in [6.45, 7) is 1.24. The van der Waals surface area contributed by atoms with Gasteiger partial charge in [-0.2, -0.15) is 0 Å². The maximum Gasteiger partial charge on any atom is 0.308 e. The van der Waals surface area contributed by atoms with Gasteiger partial charge in [-0.15, -0.1) is 12.4 Å². The smallest absolute Gasteiger partial charge is 0.308 e. The Morgan fingerprint density at radius 1 is 1.19 bits per heavy atom. The van der Waals surface area contributed by atoms with Gasteiger partial charge in [0, 0.05) is 26.2 Å². The SMILES string of the molecule is CNCCN(C)c1cc(F)ccc1Nc1cc(F)c(S(=O)(=O)Nc2ncco2)cc1Cl.Cl. The standard InChI is InChI=1S/C19H20ClF2N5O3S.ClH/c1-23-5-7-27(2)17-9-12(21)3-4-15(17)25-16-11-14(22)18(10-13(16)20)31(28,29)26-19-24-6-8-30-19;/h3-4,6,8-11,23,25H,5,7H2,1-2H3,(H,24,26);1H. The first-order valence-corrected chi connectivity index (χ1v) is 10.9. The molecule has 1 aromatic heterocycles. The Morgan fingerprint density at radius 3 is 2.59 bits per heavy atom. The second kappa shape index (κ2) is 10.8. The molecule has 0 unspecified atom stereocenters. The molecule has 3 rings (SSSR count). The van der Waals surface area contributed by atoms with Crippen molar-refractivity contribution in [3.05, 3.63) is 59.4 Å². The van der Waals surface area contributed by atoms with Crippen LogP contribution in [0.5, 0.6) is 0 Å². The topological polar surface area (TPSA) is 99.5 Å². The average Bonchev–Trinajstić information content (AvgIpc) is 3.22. The van der Waals surface area contributed by atoms with Gasteiger partial charge in [0.25, 0.3) is 10.0 Å². The van der Waals surface area contributed by atoms with E-state index < -0.39 is 26.6 Å². The molecule has 3 aromatic rings. The number of sulfonamides is 1. The molecule has 0 aliphatic heterocycles. The Bertz CT molecular complexity index is 1160. The molecule has 32 heavy (non-hydrogen) atoms. The van der Waals surface area contributed by atoms with Crippen LogP contribution in [0.25, 0.3) is 0 Å². The summed E-state index contributed by atoms with van der Waals surface area (Å²) in [4.78, 5) is 4.78. The Balaban J connectivity index is 0.00000363. The molecule has 0 aliphatic carbocycles. The van der Waals surface area contributed by atoms with E-state index in [9.17, 15) is 17.2 Å². The summed E-state index contributed by atoms with van der Waals surface area (Å²) < 4.78 is 60.2. The van der Waals surface area contributed by atoms with Gasteiger partial charge in [0.05, 0.1) is 28.3 Å². The number of benzene rings is 2. The number of nitrogens with zero attached hydrogens (tertiary/aromatic N) is 2. The van der Waals surface area contributed by atoms with Crippen LogP contribution >= 0.6 is 24.0 Å². The normalized spacial score (nSPS) is 11.0. The molecular formula is C19H21Cl2F2N5O3S. The van der Waals surface area contributed by atoms with E-state index in [1.807, 2.05) is 9.62 Å². The molecule has 0 atom stereocenters. The van der Waals surface area contributed by atoms with Gasteiger partial charge in [-0.25, -0.2) is 26.9 Å². The first-order valence-electron chi connectivity index (χ1n) is 9.05. The summed E-state index contributed by atoms with van der Waals surface area (Å²) in [5, 5.41) is 5.89. The zero-order valence-corrected chi connectivity index (χ0v) is 19.4. The van der Waals surface area contributed by atoms with Gasteiger partial charge in [0.2, 0.25) is 0 Å². The van der Waals surface area contributed by atoms with Crippen molar-refractivity contribution < 1.29 is 21.6 Å². The lowest BCUT2D eigenvalue weighted by molar-refractivity contribution is 0.560. The lowest BCUT2D eigenvalue weighted by atomic mass is 10.2. The molecule has 3 N–H and O–H groups in total. The summed E-state index contributed by atoms with van der Waals surface area (Å²) >= 11 is 6.23. The zero-order valence-electron chi connectivity index (χ0n) is 17.0. The minimum Gasteiger partial charge on any atom is -0.432 e. The highest BCUT2D eigenvalue weighted by molar-refractivity contribution is 7.92. The van der Waals surface area contributed by atoms with Gasteiger partial charge in [-0.1, -0.05) is 11.6 Å². The lowest BCUT2D eigenvalue weighted by Crippen LogP contribution is -2.27. The molecule has 8 nitrogen and oxygen atoms in total. The molecule has 0 aliphatic rings. The molecular weight excluding hydrogens is 487 g/mol. The van der Waals surface area contributed by atoms with Crippen molar-refractivity contribution in [1.82, 2.24) is 10.3 Å². The molecule has 0 saturated heterocycles. The van der Waals surface area contributed by atoms with E-state index in [-0.39, 0.29) is 29.1 Å². The van der Waals surface area contributed by atoms with Crippen LogP contribution in [0.1, 0.15) is 0 Å². The van der Waals surface area contributed by atoms with Crippen LogP contribution in [0.3, 0.4) is 0 Å². The number of likely N-dealkylation sites (N-methyl/N-ethyl adjacent to an activating group) is 2. The number of hydrogen-bond donors (Lipinski definition) is 3. The van der Waals surface area contributed by atoms with E-state index in [0.717, 1.165) is 12.1 Å². The van der Waals surface area contributed by atoms with Crippen LogP contribution in [0.2, 0.25) is 5.02 Å². The number of aromatic nitrogens is 1. The van der Waals surface area contributed by atoms with Crippen molar-refractivity contribution in [2.75, 3.05) is 42.1 Å². The Kier molecular flexibility index (Phi) is 8.67. The second-order valence-corrected chi connectivity index (χ2v) is 8.57. The highest BCUT2D eigenvalue weighted by Crippen LogP contribution is 2.34. The molecule has 0 amide bonds. The highest BCUT2D eigenvalue weighted by Gasteiger charge is 2.23. The van der Waals surface area contributed by atoms with Gasteiger partial charge >= 0.3 is 6.01 Å². The molecule has 0 fully saturated rings. The Labute approximate surface area is 195 Å². The van der Waals surface area contributed by atoms with E-state index >= 15 is 0 Å².